The molecule has 3 N–H and O–H groups in total. The smallest absolute Gasteiger partial charge is 0.326 e. The predicted octanol–water partition coefficient (Wildman–Crippen LogP) is 1.28. The summed E-state index contributed by atoms with van der Waals surface area (Å²) in [7, 11) is 0. The number of amides is 1. The van der Waals surface area contributed by atoms with Crippen LogP contribution in [0.4, 0.5) is 4.39 Å². The fourth-order valence-electron chi connectivity index (χ4n) is 1.84. The Morgan fingerprint density at radius 3 is 2.81 bits per heavy atom. The number of rotatable bonds is 5. The van der Waals surface area contributed by atoms with E-state index in [1.165, 1.54) is 37.6 Å². The van der Waals surface area contributed by atoms with Crippen molar-refractivity contribution in [2.75, 3.05) is 0 Å². The van der Waals surface area contributed by atoms with Gasteiger partial charge in [0.05, 0.1) is 6.33 Å². The predicted molar refractivity (Wildman–Crippen MR) is 72.3 cm³/mol. The van der Waals surface area contributed by atoms with Crippen LogP contribution >= 0.6 is 0 Å². The first-order valence-corrected chi connectivity index (χ1v) is 6.24. The molecule has 6 nitrogen and oxygen atoms in total. The number of imidazole rings is 1. The molecule has 0 aliphatic rings. The lowest BCUT2D eigenvalue weighted by atomic mass is 10.1. The topological polar surface area (TPSA) is 95.1 Å². The zero-order valence-electron chi connectivity index (χ0n) is 11.3. The van der Waals surface area contributed by atoms with Crippen molar-refractivity contribution in [2.24, 2.45) is 0 Å². The fourth-order valence-corrected chi connectivity index (χ4v) is 1.84. The number of nitrogens with zero attached hydrogens (tertiary/aromatic N) is 1. The number of H-pyrrole nitrogens is 1. The highest BCUT2D eigenvalue weighted by atomic mass is 19.1. The van der Waals surface area contributed by atoms with Crippen molar-refractivity contribution >= 4 is 11.9 Å². The third-order valence-corrected chi connectivity index (χ3v) is 3.00. The summed E-state index contributed by atoms with van der Waals surface area (Å²) < 4.78 is 13.2. The van der Waals surface area contributed by atoms with Crippen LogP contribution in [0, 0.1) is 12.7 Å². The molecule has 7 heteroatoms. The van der Waals surface area contributed by atoms with Crippen LogP contribution in [-0.2, 0) is 11.2 Å². The summed E-state index contributed by atoms with van der Waals surface area (Å²) in [6.07, 6.45) is 3.00. The van der Waals surface area contributed by atoms with Crippen LogP contribution in [0.25, 0.3) is 0 Å². The van der Waals surface area contributed by atoms with Gasteiger partial charge in [0.1, 0.15) is 11.9 Å². The number of carbonyl (C=O) groups excluding carboxylic acids is 1. The SMILES string of the molecule is Cc1cc(C(=O)N[C@H](Cc2cnc[nH]2)C(=O)O)ccc1F. The summed E-state index contributed by atoms with van der Waals surface area (Å²) >= 11 is 0. The van der Waals surface area contributed by atoms with Gasteiger partial charge >= 0.3 is 5.97 Å². The summed E-state index contributed by atoms with van der Waals surface area (Å²) in [6, 6.07) is 2.77. The molecule has 0 saturated carbocycles. The summed E-state index contributed by atoms with van der Waals surface area (Å²) in [6.45, 7) is 1.53. The number of nitrogens with one attached hydrogen (secondary N) is 2. The van der Waals surface area contributed by atoms with E-state index in [9.17, 15) is 14.0 Å². The lowest BCUT2D eigenvalue weighted by Gasteiger charge is -2.14. The highest BCUT2D eigenvalue weighted by Crippen LogP contribution is 2.10. The Bertz CT molecular complexity index is 655. The monoisotopic (exact) mass is 291 g/mol. The molecule has 2 rings (SSSR count). The number of aryl methyl sites for hydroxylation is 1. The molecule has 1 aromatic carbocycles. The van der Waals surface area contributed by atoms with Gasteiger partial charge in [0.2, 0.25) is 0 Å². The number of aromatic nitrogens is 2. The molecule has 1 aromatic heterocycles. The minimum atomic E-state index is -1.16. The third-order valence-electron chi connectivity index (χ3n) is 3.00. The molecule has 2 aromatic rings. The van der Waals surface area contributed by atoms with E-state index in [1.807, 2.05) is 0 Å². The summed E-state index contributed by atoms with van der Waals surface area (Å²) in [5, 5.41) is 11.6. The molecule has 0 aliphatic carbocycles. The second-order valence-corrected chi connectivity index (χ2v) is 4.61. The first-order chi connectivity index (χ1) is 9.97. The van der Waals surface area contributed by atoms with Gasteiger partial charge in [-0.15, -0.1) is 0 Å². The van der Waals surface area contributed by atoms with E-state index < -0.39 is 23.7 Å². The second kappa shape index (κ2) is 6.17. The van der Waals surface area contributed by atoms with Crippen LogP contribution < -0.4 is 5.32 Å². The quantitative estimate of drug-likeness (QED) is 0.773. The second-order valence-electron chi connectivity index (χ2n) is 4.61. The molecule has 0 saturated heterocycles. The summed E-state index contributed by atoms with van der Waals surface area (Å²) in [4.78, 5) is 29.8. The maximum absolute atomic E-state index is 13.2. The Morgan fingerprint density at radius 2 is 2.24 bits per heavy atom. The van der Waals surface area contributed by atoms with Gasteiger partial charge in [0.15, 0.2) is 0 Å². The molecule has 0 unspecified atom stereocenters. The van der Waals surface area contributed by atoms with Crippen LogP contribution in [-0.4, -0.2) is 33.0 Å². The van der Waals surface area contributed by atoms with E-state index >= 15 is 0 Å². The van der Waals surface area contributed by atoms with Crippen LogP contribution in [0.3, 0.4) is 0 Å². The van der Waals surface area contributed by atoms with Crippen molar-refractivity contribution in [3.63, 3.8) is 0 Å². The zero-order valence-corrected chi connectivity index (χ0v) is 11.3. The molecule has 110 valence electrons. The first kappa shape index (κ1) is 14.7. The molecule has 0 bridgehead atoms. The van der Waals surface area contributed by atoms with E-state index in [0.717, 1.165) is 0 Å². The fraction of sp³-hybridized carbons (Fsp3) is 0.214. The lowest BCUT2D eigenvalue weighted by molar-refractivity contribution is -0.139. The van der Waals surface area contributed by atoms with E-state index in [0.29, 0.717) is 11.3 Å². The average molecular weight is 291 g/mol. The van der Waals surface area contributed by atoms with Crippen molar-refractivity contribution < 1.29 is 19.1 Å². The number of hydrogen-bond donors (Lipinski definition) is 3. The van der Waals surface area contributed by atoms with Crippen molar-refractivity contribution in [1.82, 2.24) is 15.3 Å². The molecule has 1 atom stereocenters. The Hall–Kier alpha value is -2.70. The maximum atomic E-state index is 13.2. The van der Waals surface area contributed by atoms with Gasteiger partial charge in [0.25, 0.3) is 5.91 Å². The Labute approximate surface area is 120 Å². The number of aromatic amines is 1. The normalized spacial score (nSPS) is 11.9. The maximum Gasteiger partial charge on any atom is 0.326 e. The van der Waals surface area contributed by atoms with Crippen molar-refractivity contribution in [3.05, 3.63) is 53.4 Å². The van der Waals surface area contributed by atoms with Crippen molar-refractivity contribution in [2.45, 2.75) is 19.4 Å². The highest BCUT2D eigenvalue weighted by molar-refractivity contribution is 5.96. The van der Waals surface area contributed by atoms with Gasteiger partial charge in [-0.05, 0) is 30.7 Å². The van der Waals surface area contributed by atoms with Crippen LogP contribution in [0.15, 0.2) is 30.7 Å². The van der Waals surface area contributed by atoms with Gasteiger partial charge in [-0.1, -0.05) is 0 Å². The Morgan fingerprint density at radius 1 is 1.48 bits per heavy atom. The summed E-state index contributed by atoms with van der Waals surface area (Å²) in [5.74, 6) is -2.14. The number of aliphatic carboxylic acids is 1. The van der Waals surface area contributed by atoms with Crippen LogP contribution in [0.2, 0.25) is 0 Å². The van der Waals surface area contributed by atoms with Crippen LogP contribution in [0.5, 0.6) is 0 Å². The van der Waals surface area contributed by atoms with E-state index in [1.54, 1.807) is 0 Å². The van der Waals surface area contributed by atoms with Crippen molar-refractivity contribution in [3.8, 4) is 0 Å². The molecule has 1 heterocycles. The van der Waals surface area contributed by atoms with Crippen molar-refractivity contribution in [1.29, 1.82) is 0 Å². The minimum absolute atomic E-state index is 0.0846. The number of halogens is 1. The largest absolute Gasteiger partial charge is 0.480 e. The van der Waals surface area contributed by atoms with Gasteiger partial charge in [-0.2, -0.15) is 0 Å². The molecular formula is C14H14FN3O3. The van der Waals surface area contributed by atoms with E-state index in [-0.39, 0.29) is 12.0 Å². The Kier molecular flexibility index (Phi) is 4.32. The molecule has 0 radical (unpaired) electrons. The lowest BCUT2D eigenvalue weighted by Crippen LogP contribution is -2.42. The summed E-state index contributed by atoms with van der Waals surface area (Å²) in [5.41, 5.74) is 1.13. The third kappa shape index (κ3) is 3.65. The Balaban J connectivity index is 2.10. The molecule has 1 amide bonds. The zero-order chi connectivity index (χ0) is 15.4. The number of carboxylic acids is 1. The van der Waals surface area contributed by atoms with Crippen LogP contribution in [0.1, 0.15) is 21.6 Å². The molecular weight excluding hydrogens is 277 g/mol. The number of hydrogen-bond acceptors (Lipinski definition) is 3. The number of carboxylic acid groups (broad SMARTS) is 1. The minimum Gasteiger partial charge on any atom is -0.480 e. The molecule has 0 spiro atoms. The number of carbonyl (C=O) groups is 2. The molecule has 0 aliphatic heterocycles. The van der Waals surface area contributed by atoms with Gasteiger partial charge in [-0.25, -0.2) is 14.2 Å². The standard InChI is InChI=1S/C14H14FN3O3/c1-8-4-9(2-3-11(8)15)13(19)18-12(14(20)21)5-10-6-16-7-17-10/h2-4,6-7,12H,5H2,1H3,(H,16,17)(H,18,19)(H,20,21)/t12-/m1/s1. The van der Waals surface area contributed by atoms with Gasteiger partial charge in [-0.3, -0.25) is 4.79 Å². The van der Waals surface area contributed by atoms with E-state index in [2.05, 4.69) is 15.3 Å². The highest BCUT2D eigenvalue weighted by Gasteiger charge is 2.22. The van der Waals surface area contributed by atoms with Gasteiger partial charge < -0.3 is 15.4 Å². The molecule has 0 fully saturated rings. The number of benzene rings is 1. The first-order valence-electron chi connectivity index (χ1n) is 6.24. The molecule has 21 heavy (non-hydrogen) atoms. The average Bonchev–Trinajstić information content (AvgIpc) is 2.93. The van der Waals surface area contributed by atoms with E-state index in [4.69, 9.17) is 5.11 Å². The van der Waals surface area contributed by atoms with Gasteiger partial charge in [0, 0.05) is 23.9 Å².